The van der Waals surface area contributed by atoms with Crippen molar-refractivity contribution in [1.29, 1.82) is 0 Å². The van der Waals surface area contributed by atoms with Gasteiger partial charge in [0.25, 0.3) is 0 Å². The third-order valence-electron chi connectivity index (χ3n) is 2.95. The van der Waals surface area contributed by atoms with E-state index in [-0.39, 0.29) is 0 Å². The van der Waals surface area contributed by atoms with E-state index in [4.69, 9.17) is 10.5 Å². The minimum atomic E-state index is 0.675. The average Bonchev–Trinajstić information content (AvgIpc) is 2.27. The molecule has 0 saturated carbocycles. The highest BCUT2D eigenvalue weighted by molar-refractivity contribution is 5.54. The van der Waals surface area contributed by atoms with Crippen LogP contribution in [0.3, 0.4) is 0 Å². The van der Waals surface area contributed by atoms with E-state index in [1.165, 1.54) is 5.56 Å². The molecule has 1 aromatic rings. The second-order valence-electron chi connectivity index (χ2n) is 6.06. The molecule has 0 bridgehead atoms. The molecular formula is C16H28N2O. The Bertz CT molecular complexity index is 378. The van der Waals surface area contributed by atoms with Gasteiger partial charge in [-0.2, -0.15) is 0 Å². The third-order valence-corrected chi connectivity index (χ3v) is 2.95. The normalized spacial score (nSPS) is 11.6. The maximum atomic E-state index is 5.97. The minimum absolute atomic E-state index is 0.675. The standard InChI is InChI=1S/C16H28N2O/c1-12(2)9-18(10-13(3)4)11-14-6-7-16(19-5)15(17)8-14/h6-8,12-13H,9-11,17H2,1-5H3. The van der Waals surface area contributed by atoms with Gasteiger partial charge in [-0.25, -0.2) is 0 Å². The van der Waals surface area contributed by atoms with Crippen molar-refractivity contribution in [2.45, 2.75) is 34.2 Å². The predicted molar refractivity (Wildman–Crippen MR) is 82.4 cm³/mol. The first-order chi connectivity index (χ1) is 8.92. The number of rotatable bonds is 7. The molecule has 0 fully saturated rings. The summed E-state index contributed by atoms with van der Waals surface area (Å²) >= 11 is 0. The molecule has 0 aliphatic rings. The van der Waals surface area contributed by atoms with Crippen LogP contribution in [0.4, 0.5) is 5.69 Å². The lowest BCUT2D eigenvalue weighted by Crippen LogP contribution is -2.30. The van der Waals surface area contributed by atoms with Crippen molar-refractivity contribution in [1.82, 2.24) is 4.90 Å². The van der Waals surface area contributed by atoms with Crippen LogP contribution in [0.2, 0.25) is 0 Å². The lowest BCUT2D eigenvalue weighted by molar-refractivity contribution is 0.211. The first-order valence-electron chi connectivity index (χ1n) is 7.07. The molecule has 0 spiro atoms. The fourth-order valence-electron chi connectivity index (χ4n) is 2.38. The molecular weight excluding hydrogens is 236 g/mol. The molecule has 108 valence electrons. The second-order valence-corrected chi connectivity index (χ2v) is 6.06. The molecule has 0 atom stereocenters. The molecule has 3 nitrogen and oxygen atoms in total. The lowest BCUT2D eigenvalue weighted by atomic mass is 10.1. The Balaban J connectivity index is 2.74. The Labute approximate surface area is 117 Å². The van der Waals surface area contributed by atoms with Crippen molar-refractivity contribution in [3.8, 4) is 5.75 Å². The van der Waals surface area contributed by atoms with Gasteiger partial charge in [-0.1, -0.05) is 33.8 Å². The number of ether oxygens (including phenoxy) is 1. The van der Waals surface area contributed by atoms with Gasteiger partial charge < -0.3 is 10.5 Å². The number of nitrogen functional groups attached to an aromatic ring is 1. The molecule has 3 heteroatoms. The van der Waals surface area contributed by atoms with Crippen LogP contribution in [0.15, 0.2) is 18.2 Å². The van der Waals surface area contributed by atoms with Gasteiger partial charge in [0.15, 0.2) is 0 Å². The topological polar surface area (TPSA) is 38.5 Å². The van der Waals surface area contributed by atoms with Crippen LogP contribution in [0.5, 0.6) is 5.75 Å². The van der Waals surface area contributed by atoms with E-state index >= 15 is 0 Å². The van der Waals surface area contributed by atoms with Gasteiger partial charge in [0, 0.05) is 19.6 Å². The molecule has 0 aliphatic heterocycles. The molecule has 0 unspecified atom stereocenters. The van der Waals surface area contributed by atoms with Crippen LogP contribution in [0.1, 0.15) is 33.3 Å². The molecule has 0 aliphatic carbocycles. The number of nitrogens with two attached hydrogens (primary N) is 1. The summed E-state index contributed by atoms with van der Waals surface area (Å²) < 4.78 is 5.20. The molecule has 19 heavy (non-hydrogen) atoms. The fourth-order valence-corrected chi connectivity index (χ4v) is 2.38. The summed E-state index contributed by atoms with van der Waals surface area (Å²) in [5.41, 5.74) is 7.93. The van der Waals surface area contributed by atoms with Gasteiger partial charge in [-0.15, -0.1) is 0 Å². The SMILES string of the molecule is COc1ccc(CN(CC(C)C)CC(C)C)cc1N. The molecule has 0 aromatic heterocycles. The number of methoxy groups -OCH3 is 1. The van der Waals surface area contributed by atoms with Gasteiger partial charge in [-0.3, -0.25) is 4.90 Å². The molecule has 0 saturated heterocycles. The minimum Gasteiger partial charge on any atom is -0.495 e. The average molecular weight is 264 g/mol. The Hall–Kier alpha value is -1.22. The van der Waals surface area contributed by atoms with Gasteiger partial charge in [0.05, 0.1) is 12.8 Å². The predicted octanol–water partition coefficient (Wildman–Crippen LogP) is 3.39. The van der Waals surface area contributed by atoms with E-state index in [2.05, 4.69) is 38.7 Å². The first kappa shape index (κ1) is 15.8. The quantitative estimate of drug-likeness (QED) is 0.767. The number of anilines is 1. The van der Waals surface area contributed by atoms with Crippen LogP contribution in [0.25, 0.3) is 0 Å². The van der Waals surface area contributed by atoms with Crippen LogP contribution in [0, 0.1) is 11.8 Å². The molecule has 1 rings (SSSR count). The summed E-state index contributed by atoms with van der Waals surface area (Å²) in [6.45, 7) is 12.2. The van der Waals surface area contributed by atoms with Crippen molar-refractivity contribution < 1.29 is 4.74 Å². The highest BCUT2D eigenvalue weighted by atomic mass is 16.5. The second kappa shape index (κ2) is 7.39. The molecule has 0 heterocycles. The number of hydrogen-bond donors (Lipinski definition) is 1. The van der Waals surface area contributed by atoms with Gasteiger partial charge in [-0.05, 0) is 29.5 Å². The molecule has 1 aromatic carbocycles. The summed E-state index contributed by atoms with van der Waals surface area (Å²) in [4.78, 5) is 2.50. The Morgan fingerprint density at radius 2 is 1.68 bits per heavy atom. The number of hydrogen-bond acceptors (Lipinski definition) is 3. The summed E-state index contributed by atoms with van der Waals surface area (Å²) in [7, 11) is 1.65. The number of nitrogens with zero attached hydrogens (tertiary/aromatic N) is 1. The van der Waals surface area contributed by atoms with E-state index in [1.807, 2.05) is 12.1 Å². The van der Waals surface area contributed by atoms with Gasteiger partial charge in [0.2, 0.25) is 0 Å². The Kier molecular flexibility index (Phi) is 6.16. The van der Waals surface area contributed by atoms with E-state index in [9.17, 15) is 0 Å². The maximum absolute atomic E-state index is 5.97. The molecule has 0 amide bonds. The Morgan fingerprint density at radius 3 is 2.11 bits per heavy atom. The zero-order valence-electron chi connectivity index (χ0n) is 12.9. The van der Waals surface area contributed by atoms with Gasteiger partial charge in [0.1, 0.15) is 5.75 Å². The number of benzene rings is 1. The zero-order valence-corrected chi connectivity index (χ0v) is 12.9. The van der Waals surface area contributed by atoms with Crippen molar-refractivity contribution >= 4 is 5.69 Å². The highest BCUT2D eigenvalue weighted by Crippen LogP contribution is 2.23. The third kappa shape index (κ3) is 5.52. The summed E-state index contributed by atoms with van der Waals surface area (Å²) in [6.07, 6.45) is 0. The van der Waals surface area contributed by atoms with Crippen LogP contribution >= 0.6 is 0 Å². The van der Waals surface area contributed by atoms with Crippen molar-refractivity contribution in [2.75, 3.05) is 25.9 Å². The van der Waals surface area contributed by atoms with Crippen LogP contribution in [-0.4, -0.2) is 25.1 Å². The van der Waals surface area contributed by atoms with Crippen LogP contribution < -0.4 is 10.5 Å². The lowest BCUT2D eigenvalue weighted by Gasteiger charge is -2.26. The van der Waals surface area contributed by atoms with Crippen LogP contribution in [-0.2, 0) is 6.54 Å². The monoisotopic (exact) mass is 264 g/mol. The van der Waals surface area contributed by atoms with E-state index in [0.717, 1.165) is 25.4 Å². The first-order valence-corrected chi connectivity index (χ1v) is 7.07. The van der Waals surface area contributed by atoms with Crippen molar-refractivity contribution in [2.24, 2.45) is 11.8 Å². The van der Waals surface area contributed by atoms with Crippen molar-refractivity contribution in [3.05, 3.63) is 23.8 Å². The van der Waals surface area contributed by atoms with E-state index in [1.54, 1.807) is 7.11 Å². The Morgan fingerprint density at radius 1 is 1.11 bits per heavy atom. The van der Waals surface area contributed by atoms with E-state index in [0.29, 0.717) is 17.5 Å². The summed E-state index contributed by atoms with van der Waals surface area (Å²) in [5.74, 6) is 2.10. The fraction of sp³-hybridized carbons (Fsp3) is 0.625. The molecule has 2 N–H and O–H groups in total. The van der Waals surface area contributed by atoms with Crippen molar-refractivity contribution in [3.63, 3.8) is 0 Å². The smallest absolute Gasteiger partial charge is 0.141 e. The zero-order chi connectivity index (χ0) is 14.4. The largest absolute Gasteiger partial charge is 0.495 e. The summed E-state index contributed by atoms with van der Waals surface area (Å²) in [6, 6.07) is 6.07. The summed E-state index contributed by atoms with van der Waals surface area (Å²) in [5, 5.41) is 0. The van der Waals surface area contributed by atoms with E-state index < -0.39 is 0 Å². The maximum Gasteiger partial charge on any atom is 0.141 e. The van der Waals surface area contributed by atoms with Gasteiger partial charge >= 0.3 is 0 Å². The highest BCUT2D eigenvalue weighted by Gasteiger charge is 2.11. The molecule has 0 radical (unpaired) electrons.